The summed E-state index contributed by atoms with van der Waals surface area (Å²) in [6.07, 6.45) is 4.13. The minimum Gasteiger partial charge on any atom is -0.394 e. The first kappa shape index (κ1) is 7.03. The molecule has 1 aliphatic rings. The van der Waals surface area contributed by atoms with E-state index in [1.807, 2.05) is 0 Å². The second kappa shape index (κ2) is 3.18. The van der Waals surface area contributed by atoms with Gasteiger partial charge in [-0.05, 0) is 6.42 Å². The smallest absolute Gasteiger partial charge is 0.107 e. The molecule has 0 amide bonds. The Bertz CT molecular complexity index is 83.0. The fourth-order valence-electron chi connectivity index (χ4n) is 0.999. The maximum absolute atomic E-state index is 8.55. The number of aliphatic hydroxyl groups is 1. The molecule has 1 heterocycles. The van der Waals surface area contributed by atoms with Crippen molar-refractivity contribution in [3.05, 3.63) is 0 Å². The van der Waals surface area contributed by atoms with Gasteiger partial charge in [-0.3, -0.25) is 0 Å². The second-order valence-corrected chi connectivity index (χ2v) is 2.54. The van der Waals surface area contributed by atoms with Gasteiger partial charge in [-0.15, -0.1) is 0 Å². The van der Waals surface area contributed by atoms with E-state index in [0.29, 0.717) is 6.10 Å². The average molecular weight is 130 g/mol. The van der Waals surface area contributed by atoms with Gasteiger partial charge in [-0.2, -0.15) is 0 Å². The van der Waals surface area contributed by atoms with Crippen LogP contribution >= 0.6 is 0 Å². The maximum Gasteiger partial charge on any atom is 0.107 e. The standard InChI is InChI=1S/C7H14O2/c1-2-3-4-6-7(5-8)9-6/h6-8H,2-5H2,1H3/t6-,7?/m0/s1. The van der Waals surface area contributed by atoms with E-state index in [0.717, 1.165) is 6.42 Å². The summed E-state index contributed by atoms with van der Waals surface area (Å²) in [5.74, 6) is 0. The van der Waals surface area contributed by atoms with Gasteiger partial charge in [0.15, 0.2) is 0 Å². The number of hydrogen-bond acceptors (Lipinski definition) is 2. The highest BCUT2D eigenvalue weighted by Gasteiger charge is 2.36. The number of epoxide rings is 1. The Morgan fingerprint density at radius 3 is 2.67 bits per heavy atom. The lowest BCUT2D eigenvalue weighted by atomic mass is 10.2. The molecule has 2 atom stereocenters. The average Bonchev–Trinajstić information content (AvgIpc) is 2.62. The van der Waals surface area contributed by atoms with Crippen molar-refractivity contribution in [1.82, 2.24) is 0 Å². The van der Waals surface area contributed by atoms with Crippen molar-refractivity contribution < 1.29 is 9.84 Å². The van der Waals surface area contributed by atoms with Gasteiger partial charge in [0.2, 0.25) is 0 Å². The highest BCUT2D eigenvalue weighted by atomic mass is 16.6. The quantitative estimate of drug-likeness (QED) is 0.574. The van der Waals surface area contributed by atoms with Gasteiger partial charge < -0.3 is 9.84 Å². The number of rotatable bonds is 4. The van der Waals surface area contributed by atoms with Crippen molar-refractivity contribution in [3.8, 4) is 0 Å². The van der Waals surface area contributed by atoms with E-state index in [4.69, 9.17) is 9.84 Å². The Morgan fingerprint density at radius 2 is 2.22 bits per heavy atom. The highest BCUT2D eigenvalue weighted by molar-refractivity contribution is 4.83. The molecular formula is C7H14O2. The fraction of sp³-hybridized carbons (Fsp3) is 1.00. The first-order valence-corrected chi connectivity index (χ1v) is 3.64. The molecule has 9 heavy (non-hydrogen) atoms. The van der Waals surface area contributed by atoms with Crippen LogP contribution in [0, 0.1) is 0 Å². The lowest BCUT2D eigenvalue weighted by Crippen LogP contribution is -1.98. The Hall–Kier alpha value is -0.0800. The summed E-state index contributed by atoms with van der Waals surface area (Å²) in [6.45, 7) is 2.37. The third kappa shape index (κ3) is 1.95. The molecule has 1 rings (SSSR count). The van der Waals surface area contributed by atoms with Gasteiger partial charge in [-0.25, -0.2) is 0 Å². The van der Waals surface area contributed by atoms with E-state index in [1.54, 1.807) is 0 Å². The molecule has 1 unspecified atom stereocenters. The Labute approximate surface area is 55.8 Å². The Morgan fingerprint density at radius 1 is 1.44 bits per heavy atom. The summed E-state index contributed by atoms with van der Waals surface area (Å²) in [5.41, 5.74) is 0. The first-order valence-electron chi connectivity index (χ1n) is 3.64. The van der Waals surface area contributed by atoms with Gasteiger partial charge in [0.1, 0.15) is 6.10 Å². The molecular weight excluding hydrogens is 116 g/mol. The van der Waals surface area contributed by atoms with Crippen LogP contribution in [0.5, 0.6) is 0 Å². The van der Waals surface area contributed by atoms with Crippen LogP contribution in [0.4, 0.5) is 0 Å². The molecule has 2 nitrogen and oxygen atoms in total. The van der Waals surface area contributed by atoms with E-state index in [2.05, 4.69) is 6.92 Å². The van der Waals surface area contributed by atoms with Crippen molar-refractivity contribution in [2.75, 3.05) is 6.61 Å². The molecule has 1 aliphatic heterocycles. The molecule has 1 saturated heterocycles. The van der Waals surface area contributed by atoms with Crippen LogP contribution in [-0.4, -0.2) is 23.9 Å². The van der Waals surface area contributed by atoms with Crippen LogP contribution in [0.1, 0.15) is 26.2 Å². The minimum absolute atomic E-state index is 0.177. The zero-order valence-electron chi connectivity index (χ0n) is 5.84. The van der Waals surface area contributed by atoms with Crippen LogP contribution < -0.4 is 0 Å². The number of unbranched alkanes of at least 4 members (excludes halogenated alkanes) is 1. The van der Waals surface area contributed by atoms with Crippen molar-refractivity contribution in [2.24, 2.45) is 0 Å². The van der Waals surface area contributed by atoms with Gasteiger partial charge in [0.25, 0.3) is 0 Å². The van der Waals surface area contributed by atoms with E-state index in [9.17, 15) is 0 Å². The zero-order chi connectivity index (χ0) is 6.69. The second-order valence-electron chi connectivity index (χ2n) is 2.54. The SMILES string of the molecule is CCCC[C@@H]1OC1CO. The van der Waals surface area contributed by atoms with Crippen LogP contribution in [0.3, 0.4) is 0 Å². The summed E-state index contributed by atoms with van der Waals surface area (Å²) < 4.78 is 5.12. The molecule has 0 aliphatic carbocycles. The van der Waals surface area contributed by atoms with Gasteiger partial charge >= 0.3 is 0 Å². The molecule has 0 saturated carbocycles. The molecule has 0 spiro atoms. The number of ether oxygens (including phenoxy) is 1. The first-order chi connectivity index (χ1) is 4.38. The molecule has 0 aromatic rings. The van der Waals surface area contributed by atoms with Crippen LogP contribution in [0.2, 0.25) is 0 Å². The molecule has 2 heteroatoms. The normalized spacial score (nSPS) is 32.7. The molecule has 0 bridgehead atoms. The predicted octanol–water partition coefficient (Wildman–Crippen LogP) is 0.936. The fourth-order valence-corrected chi connectivity index (χ4v) is 0.999. The molecule has 0 aromatic carbocycles. The largest absolute Gasteiger partial charge is 0.394 e. The van der Waals surface area contributed by atoms with E-state index in [-0.39, 0.29) is 12.7 Å². The molecule has 54 valence electrons. The summed E-state index contributed by atoms with van der Waals surface area (Å²) in [4.78, 5) is 0. The number of aliphatic hydroxyl groups excluding tert-OH is 1. The summed E-state index contributed by atoms with van der Waals surface area (Å²) in [6, 6.07) is 0. The number of hydrogen-bond donors (Lipinski definition) is 1. The summed E-state index contributed by atoms with van der Waals surface area (Å²) >= 11 is 0. The maximum atomic E-state index is 8.55. The van der Waals surface area contributed by atoms with Crippen molar-refractivity contribution in [3.63, 3.8) is 0 Å². The molecule has 1 fully saturated rings. The van der Waals surface area contributed by atoms with Gasteiger partial charge in [0.05, 0.1) is 12.7 Å². The van der Waals surface area contributed by atoms with Crippen LogP contribution in [-0.2, 0) is 4.74 Å². The predicted molar refractivity (Wildman–Crippen MR) is 35.3 cm³/mol. The summed E-state index contributed by atoms with van der Waals surface area (Å²) in [5, 5.41) is 8.55. The Balaban J connectivity index is 1.92. The molecule has 0 aromatic heterocycles. The van der Waals surface area contributed by atoms with Crippen LogP contribution in [0.25, 0.3) is 0 Å². The third-order valence-corrected chi connectivity index (χ3v) is 1.71. The third-order valence-electron chi connectivity index (χ3n) is 1.71. The van der Waals surface area contributed by atoms with E-state index in [1.165, 1.54) is 12.8 Å². The lowest BCUT2D eigenvalue weighted by molar-refractivity contribution is 0.241. The lowest BCUT2D eigenvalue weighted by Gasteiger charge is -1.88. The molecule has 0 radical (unpaired) electrons. The van der Waals surface area contributed by atoms with Gasteiger partial charge in [-0.1, -0.05) is 19.8 Å². The van der Waals surface area contributed by atoms with Crippen molar-refractivity contribution in [2.45, 2.75) is 38.4 Å². The van der Waals surface area contributed by atoms with Crippen LogP contribution in [0.15, 0.2) is 0 Å². The van der Waals surface area contributed by atoms with Gasteiger partial charge in [0, 0.05) is 0 Å². The zero-order valence-corrected chi connectivity index (χ0v) is 5.84. The van der Waals surface area contributed by atoms with E-state index >= 15 is 0 Å². The monoisotopic (exact) mass is 130 g/mol. The molecule has 1 N–H and O–H groups in total. The summed E-state index contributed by atoms with van der Waals surface area (Å²) in [7, 11) is 0. The van der Waals surface area contributed by atoms with E-state index < -0.39 is 0 Å². The van der Waals surface area contributed by atoms with Crippen molar-refractivity contribution >= 4 is 0 Å². The topological polar surface area (TPSA) is 32.8 Å². The highest BCUT2D eigenvalue weighted by Crippen LogP contribution is 2.25. The Kier molecular flexibility index (Phi) is 2.49. The van der Waals surface area contributed by atoms with Crippen molar-refractivity contribution in [1.29, 1.82) is 0 Å². The minimum atomic E-state index is 0.177.